The van der Waals surface area contributed by atoms with Crippen LogP contribution < -0.4 is 0 Å². The molecule has 128 valence electrons. The van der Waals surface area contributed by atoms with E-state index >= 15 is 0 Å². The topological polar surface area (TPSA) is 72.3 Å². The largest absolute Gasteiger partial charge is 0.341 e. The van der Waals surface area contributed by atoms with Crippen molar-refractivity contribution < 1.29 is 13.2 Å². The van der Waals surface area contributed by atoms with Crippen molar-refractivity contribution in [3.8, 4) is 5.69 Å². The molecular weight excluding hydrogens is 326 g/mol. The van der Waals surface area contributed by atoms with E-state index in [9.17, 15) is 13.2 Å². The van der Waals surface area contributed by atoms with Crippen molar-refractivity contribution in [2.75, 3.05) is 18.6 Å². The summed E-state index contributed by atoms with van der Waals surface area (Å²) in [5.41, 5.74) is 2.00. The molecular formula is C17H21N3O3S. The molecule has 0 N–H and O–H groups in total. The highest BCUT2D eigenvalue weighted by Gasteiger charge is 2.30. The minimum Gasteiger partial charge on any atom is -0.341 e. The fourth-order valence-electron chi connectivity index (χ4n) is 2.97. The standard InChI is InChI=1S/C17H21N3O3S/c1-19(17(21)11-15-7-10-24(22,23)13-15)12-14-3-5-16(6-4-14)20-9-2-8-18-20/h2-6,8-9,15H,7,10-13H2,1H3. The van der Waals surface area contributed by atoms with E-state index in [1.54, 1.807) is 22.8 Å². The summed E-state index contributed by atoms with van der Waals surface area (Å²) in [4.78, 5) is 13.9. The summed E-state index contributed by atoms with van der Waals surface area (Å²) in [5.74, 6) is 0.315. The van der Waals surface area contributed by atoms with Gasteiger partial charge in [0.05, 0.1) is 17.2 Å². The maximum Gasteiger partial charge on any atom is 0.222 e. The van der Waals surface area contributed by atoms with Gasteiger partial charge in [0, 0.05) is 32.4 Å². The van der Waals surface area contributed by atoms with E-state index in [0.29, 0.717) is 19.4 Å². The van der Waals surface area contributed by atoms with E-state index in [4.69, 9.17) is 0 Å². The van der Waals surface area contributed by atoms with Gasteiger partial charge in [0.25, 0.3) is 0 Å². The predicted molar refractivity (Wildman–Crippen MR) is 91.4 cm³/mol. The zero-order valence-corrected chi connectivity index (χ0v) is 14.4. The average Bonchev–Trinajstić information content (AvgIpc) is 3.18. The van der Waals surface area contributed by atoms with E-state index in [1.807, 2.05) is 36.5 Å². The normalized spacial score (nSPS) is 19.3. The van der Waals surface area contributed by atoms with Crippen LogP contribution in [0.3, 0.4) is 0 Å². The number of carbonyl (C=O) groups is 1. The van der Waals surface area contributed by atoms with Crippen molar-refractivity contribution in [1.82, 2.24) is 14.7 Å². The molecule has 0 radical (unpaired) electrons. The molecule has 2 aromatic rings. The highest BCUT2D eigenvalue weighted by atomic mass is 32.2. The van der Waals surface area contributed by atoms with E-state index in [1.165, 1.54) is 0 Å². The van der Waals surface area contributed by atoms with Crippen molar-refractivity contribution in [1.29, 1.82) is 0 Å². The SMILES string of the molecule is CN(Cc1ccc(-n2cccn2)cc1)C(=O)CC1CCS(=O)(=O)C1. The lowest BCUT2D eigenvalue weighted by Crippen LogP contribution is -2.28. The fourth-order valence-corrected chi connectivity index (χ4v) is 4.84. The molecule has 1 fully saturated rings. The van der Waals surface area contributed by atoms with Crippen molar-refractivity contribution in [2.24, 2.45) is 5.92 Å². The first kappa shape index (κ1) is 16.7. The molecule has 3 rings (SSSR count). The van der Waals surface area contributed by atoms with E-state index in [2.05, 4.69) is 5.10 Å². The van der Waals surface area contributed by atoms with Gasteiger partial charge in [0.1, 0.15) is 0 Å². The molecule has 1 aliphatic heterocycles. The lowest BCUT2D eigenvalue weighted by Gasteiger charge is -2.19. The Kier molecular flexibility index (Phi) is 4.71. The van der Waals surface area contributed by atoms with Crippen LogP contribution in [-0.2, 0) is 21.2 Å². The molecule has 1 unspecified atom stereocenters. The fraction of sp³-hybridized carbons (Fsp3) is 0.412. The van der Waals surface area contributed by atoms with Gasteiger partial charge in [-0.25, -0.2) is 13.1 Å². The predicted octanol–water partition coefficient (Wildman–Crippen LogP) is 1.66. The molecule has 0 saturated carbocycles. The Morgan fingerprint density at radius 2 is 2.08 bits per heavy atom. The number of hydrogen-bond acceptors (Lipinski definition) is 4. The Morgan fingerprint density at radius 1 is 1.33 bits per heavy atom. The summed E-state index contributed by atoms with van der Waals surface area (Å²) in [7, 11) is -1.17. The Labute approximate surface area is 142 Å². The second-order valence-electron chi connectivity index (χ2n) is 6.34. The zero-order chi connectivity index (χ0) is 17.2. The molecule has 2 heterocycles. The highest BCUT2D eigenvalue weighted by Crippen LogP contribution is 2.22. The van der Waals surface area contributed by atoms with Crippen molar-refractivity contribution in [3.63, 3.8) is 0 Å². The molecule has 1 aromatic carbocycles. The second kappa shape index (κ2) is 6.76. The van der Waals surface area contributed by atoms with Gasteiger partial charge in [0.15, 0.2) is 9.84 Å². The first-order valence-corrected chi connectivity index (χ1v) is 9.78. The van der Waals surface area contributed by atoms with Crippen LogP contribution in [0, 0.1) is 5.92 Å². The van der Waals surface area contributed by atoms with Gasteiger partial charge in [-0.15, -0.1) is 0 Å². The van der Waals surface area contributed by atoms with E-state index in [-0.39, 0.29) is 23.3 Å². The monoisotopic (exact) mass is 347 g/mol. The Balaban J connectivity index is 1.56. The van der Waals surface area contributed by atoms with E-state index in [0.717, 1.165) is 11.3 Å². The van der Waals surface area contributed by atoms with Crippen LogP contribution >= 0.6 is 0 Å². The van der Waals surface area contributed by atoms with Crippen LogP contribution in [0.1, 0.15) is 18.4 Å². The Bertz CT molecular complexity index is 798. The minimum absolute atomic E-state index is 0.00625. The van der Waals surface area contributed by atoms with E-state index < -0.39 is 9.84 Å². The quantitative estimate of drug-likeness (QED) is 0.824. The highest BCUT2D eigenvalue weighted by molar-refractivity contribution is 7.91. The van der Waals surface area contributed by atoms with Crippen molar-refractivity contribution >= 4 is 15.7 Å². The Morgan fingerprint density at radius 3 is 2.67 bits per heavy atom. The molecule has 24 heavy (non-hydrogen) atoms. The number of carbonyl (C=O) groups excluding carboxylic acids is 1. The molecule has 0 spiro atoms. The number of aromatic nitrogens is 2. The van der Waals surface area contributed by atoms with Crippen molar-refractivity contribution in [3.05, 3.63) is 48.3 Å². The van der Waals surface area contributed by atoms with Crippen LogP contribution in [-0.4, -0.2) is 47.6 Å². The summed E-state index contributed by atoms with van der Waals surface area (Å²) in [6.45, 7) is 0.512. The summed E-state index contributed by atoms with van der Waals surface area (Å²) in [6.07, 6.45) is 4.51. The molecule has 1 aliphatic rings. The number of hydrogen-bond donors (Lipinski definition) is 0. The Hall–Kier alpha value is -2.15. The van der Waals surface area contributed by atoms with Gasteiger partial charge in [-0.05, 0) is 36.1 Å². The van der Waals surface area contributed by atoms with Crippen LogP contribution in [0.5, 0.6) is 0 Å². The van der Waals surface area contributed by atoms with Gasteiger partial charge in [-0.1, -0.05) is 12.1 Å². The van der Waals surface area contributed by atoms with Crippen LogP contribution in [0.25, 0.3) is 5.69 Å². The molecule has 1 atom stereocenters. The summed E-state index contributed by atoms with van der Waals surface area (Å²) < 4.78 is 24.7. The van der Waals surface area contributed by atoms with Gasteiger partial charge in [0.2, 0.25) is 5.91 Å². The maximum absolute atomic E-state index is 12.3. The third-order valence-corrected chi connectivity index (χ3v) is 6.18. The number of sulfone groups is 1. The molecule has 0 aliphatic carbocycles. The molecule has 1 saturated heterocycles. The van der Waals surface area contributed by atoms with Crippen LogP contribution in [0.15, 0.2) is 42.7 Å². The first-order chi connectivity index (χ1) is 11.4. The number of benzene rings is 1. The summed E-state index contributed by atoms with van der Waals surface area (Å²) >= 11 is 0. The lowest BCUT2D eigenvalue weighted by atomic mass is 10.0. The zero-order valence-electron chi connectivity index (χ0n) is 13.6. The third-order valence-electron chi connectivity index (χ3n) is 4.34. The molecule has 1 aromatic heterocycles. The second-order valence-corrected chi connectivity index (χ2v) is 8.57. The summed E-state index contributed by atoms with van der Waals surface area (Å²) in [6, 6.07) is 9.74. The third kappa shape index (κ3) is 4.03. The van der Waals surface area contributed by atoms with Crippen molar-refractivity contribution in [2.45, 2.75) is 19.4 Å². The lowest BCUT2D eigenvalue weighted by molar-refractivity contribution is -0.131. The van der Waals surface area contributed by atoms with Gasteiger partial charge >= 0.3 is 0 Å². The molecule has 1 amide bonds. The number of nitrogens with zero attached hydrogens (tertiary/aromatic N) is 3. The number of rotatable bonds is 5. The first-order valence-electron chi connectivity index (χ1n) is 7.96. The summed E-state index contributed by atoms with van der Waals surface area (Å²) in [5, 5.41) is 4.18. The molecule has 7 heteroatoms. The van der Waals surface area contributed by atoms with Gasteiger partial charge in [-0.3, -0.25) is 4.79 Å². The maximum atomic E-state index is 12.3. The molecule has 6 nitrogen and oxygen atoms in total. The van der Waals surface area contributed by atoms with Gasteiger partial charge in [-0.2, -0.15) is 5.10 Å². The van der Waals surface area contributed by atoms with Crippen LogP contribution in [0.4, 0.5) is 0 Å². The van der Waals surface area contributed by atoms with Gasteiger partial charge < -0.3 is 4.90 Å². The molecule has 0 bridgehead atoms. The van der Waals surface area contributed by atoms with Crippen LogP contribution in [0.2, 0.25) is 0 Å². The minimum atomic E-state index is -2.93. The number of amides is 1. The smallest absolute Gasteiger partial charge is 0.222 e. The average molecular weight is 347 g/mol.